The molecule has 0 spiro atoms. The fraction of sp³-hybridized carbons (Fsp3) is 0.404. The van der Waals surface area contributed by atoms with Gasteiger partial charge in [0.15, 0.2) is 0 Å². The predicted molar refractivity (Wildman–Crippen MR) is 225 cm³/mol. The molecule has 6 rings (SSSR count). The standard InChI is InChI=1S/2C14H10.2C4H10.2C3H8.2C2H6.CH4/c1-3-7-13-11(5-1)9-10-12-6-2-4-8-14(12)13;1-2-6-12-10-14-8-4-3-7-13(14)9-11(12)5-1;2*1-4(2)3;2*1-3-2;2*1-2;/h2*1-10H;2*4H,1-3H3;2*3H2,1-2H3;2*1-2H3;1H4. The Kier molecular flexibility index (Phi) is 31.5. The van der Waals surface area contributed by atoms with Crippen LogP contribution in [0.25, 0.3) is 43.1 Å². The van der Waals surface area contributed by atoms with Crippen LogP contribution in [0.15, 0.2) is 121 Å². The van der Waals surface area contributed by atoms with Crippen molar-refractivity contribution in [3.63, 3.8) is 0 Å². The van der Waals surface area contributed by atoms with E-state index in [4.69, 9.17) is 0 Å². The highest BCUT2D eigenvalue weighted by Gasteiger charge is 1.97. The number of hydrogen-bond donors (Lipinski definition) is 0. The fourth-order valence-electron chi connectivity index (χ4n) is 3.84. The zero-order chi connectivity index (χ0) is 35.3. The quantitative estimate of drug-likeness (QED) is 0.115. The van der Waals surface area contributed by atoms with Crippen molar-refractivity contribution < 1.29 is 0 Å². The third-order valence-corrected chi connectivity index (χ3v) is 5.27. The summed E-state index contributed by atoms with van der Waals surface area (Å²) in [5.74, 6) is 1.67. The van der Waals surface area contributed by atoms with Crippen molar-refractivity contribution in [2.45, 2.75) is 117 Å². The molecule has 47 heavy (non-hydrogen) atoms. The zero-order valence-electron chi connectivity index (χ0n) is 32.1. The van der Waals surface area contributed by atoms with Crippen molar-refractivity contribution in [2.75, 3.05) is 0 Å². The topological polar surface area (TPSA) is 0 Å². The first-order valence-corrected chi connectivity index (χ1v) is 17.9. The molecule has 0 aliphatic heterocycles. The summed E-state index contributed by atoms with van der Waals surface area (Å²) in [5.41, 5.74) is 0. The van der Waals surface area contributed by atoms with Crippen LogP contribution in [0.5, 0.6) is 0 Å². The van der Waals surface area contributed by atoms with E-state index >= 15 is 0 Å². The van der Waals surface area contributed by atoms with Gasteiger partial charge >= 0.3 is 0 Å². The van der Waals surface area contributed by atoms with Gasteiger partial charge in [-0.05, 0) is 67.1 Å². The van der Waals surface area contributed by atoms with Gasteiger partial charge in [-0.1, -0.05) is 226 Å². The van der Waals surface area contributed by atoms with E-state index in [-0.39, 0.29) is 7.43 Å². The Morgan fingerprint density at radius 1 is 0.340 bits per heavy atom. The average Bonchev–Trinajstić information content (AvgIpc) is 3.06. The molecule has 6 aromatic carbocycles. The summed E-state index contributed by atoms with van der Waals surface area (Å²) in [4.78, 5) is 0. The lowest BCUT2D eigenvalue weighted by Crippen LogP contribution is -1.75. The van der Waals surface area contributed by atoms with Crippen LogP contribution in [0.2, 0.25) is 0 Å². The Labute approximate surface area is 292 Å². The second-order valence-electron chi connectivity index (χ2n) is 11.9. The fourth-order valence-corrected chi connectivity index (χ4v) is 3.84. The van der Waals surface area contributed by atoms with Gasteiger partial charge in [-0.15, -0.1) is 0 Å². The molecular weight excluding hydrogens is 565 g/mol. The normalized spacial score (nSPS) is 9.02. The minimum absolute atomic E-state index is 0. The van der Waals surface area contributed by atoms with Gasteiger partial charge in [0, 0.05) is 0 Å². The molecule has 0 saturated carbocycles. The second kappa shape index (κ2) is 31.0. The smallest absolute Gasteiger partial charge is 0.0105 e. The van der Waals surface area contributed by atoms with Gasteiger partial charge in [-0.2, -0.15) is 0 Å². The summed E-state index contributed by atoms with van der Waals surface area (Å²) in [7, 11) is 0. The van der Waals surface area contributed by atoms with Crippen LogP contribution < -0.4 is 0 Å². The van der Waals surface area contributed by atoms with E-state index in [0.29, 0.717) is 0 Å². The molecule has 0 nitrogen and oxygen atoms in total. The number of rotatable bonds is 0. The minimum atomic E-state index is 0. The molecule has 0 bridgehead atoms. The summed E-state index contributed by atoms with van der Waals surface area (Å²) < 4.78 is 0. The monoisotopic (exact) mass is 637 g/mol. The van der Waals surface area contributed by atoms with Gasteiger partial charge in [-0.25, -0.2) is 0 Å². The van der Waals surface area contributed by atoms with Gasteiger partial charge in [0.05, 0.1) is 0 Å². The molecule has 0 unspecified atom stereocenters. The Morgan fingerprint density at radius 2 is 0.511 bits per heavy atom. The highest BCUT2D eigenvalue weighted by molar-refractivity contribution is 6.07. The first-order chi connectivity index (χ1) is 22.2. The number of hydrogen-bond acceptors (Lipinski definition) is 0. The molecule has 0 heteroatoms. The van der Waals surface area contributed by atoms with Crippen LogP contribution in [-0.4, -0.2) is 0 Å². The number of benzene rings is 6. The van der Waals surface area contributed by atoms with E-state index < -0.39 is 0 Å². The Balaban J connectivity index is -0.000000548. The predicted octanol–water partition coefficient (Wildman–Crippen LogP) is 16.8. The van der Waals surface area contributed by atoms with E-state index in [2.05, 4.69) is 191 Å². The molecule has 0 N–H and O–H groups in total. The molecule has 0 aromatic heterocycles. The molecule has 0 aliphatic carbocycles. The molecular formula is C47H72. The van der Waals surface area contributed by atoms with Crippen molar-refractivity contribution in [3.8, 4) is 0 Å². The highest BCUT2D eigenvalue weighted by Crippen LogP contribution is 2.24. The molecule has 6 aromatic rings. The van der Waals surface area contributed by atoms with Crippen LogP contribution in [0, 0.1) is 11.8 Å². The maximum atomic E-state index is 2.24. The summed E-state index contributed by atoms with van der Waals surface area (Å²) in [5, 5.41) is 10.5. The van der Waals surface area contributed by atoms with Gasteiger partial charge < -0.3 is 0 Å². The molecule has 0 saturated heterocycles. The Bertz CT molecular complexity index is 1350. The Hall–Kier alpha value is -3.64. The van der Waals surface area contributed by atoms with E-state index in [1.54, 1.807) is 0 Å². The van der Waals surface area contributed by atoms with Gasteiger partial charge in [-0.3, -0.25) is 0 Å². The van der Waals surface area contributed by atoms with E-state index in [1.165, 1.54) is 55.9 Å². The molecule has 0 radical (unpaired) electrons. The zero-order valence-corrected chi connectivity index (χ0v) is 32.1. The summed E-state index contributed by atoms with van der Waals surface area (Å²) in [6.45, 7) is 29.5. The van der Waals surface area contributed by atoms with E-state index in [1.807, 2.05) is 27.7 Å². The van der Waals surface area contributed by atoms with Crippen LogP contribution in [-0.2, 0) is 0 Å². The summed E-state index contributed by atoms with van der Waals surface area (Å²) in [6.07, 6.45) is 2.50. The van der Waals surface area contributed by atoms with Crippen LogP contribution in [0.3, 0.4) is 0 Å². The lowest BCUT2D eigenvalue weighted by molar-refractivity contribution is 0.736. The molecule has 0 heterocycles. The maximum absolute atomic E-state index is 2.24. The lowest BCUT2D eigenvalue weighted by Gasteiger charge is -2.02. The van der Waals surface area contributed by atoms with Crippen molar-refractivity contribution in [1.29, 1.82) is 0 Å². The SMILES string of the molecule is C.CC.CC.CC(C)C.CC(C)C.CCC.CCC.c1ccc2c(c1)ccc1ccccc12.c1ccc2cc3ccccc3cc2c1. The average molecular weight is 637 g/mol. The third kappa shape index (κ3) is 21.0. The van der Waals surface area contributed by atoms with Crippen molar-refractivity contribution in [3.05, 3.63) is 121 Å². The van der Waals surface area contributed by atoms with E-state index in [0.717, 1.165) is 11.8 Å². The lowest BCUT2D eigenvalue weighted by atomic mass is 10.0. The van der Waals surface area contributed by atoms with Crippen LogP contribution >= 0.6 is 0 Å². The molecule has 0 amide bonds. The van der Waals surface area contributed by atoms with Gasteiger partial charge in [0.2, 0.25) is 0 Å². The molecule has 0 fully saturated rings. The first kappa shape index (κ1) is 47.8. The number of fused-ring (bicyclic) bond motifs is 5. The molecule has 0 aliphatic rings. The molecule has 0 atom stereocenters. The largest absolute Gasteiger partial charge is 0.0776 e. The van der Waals surface area contributed by atoms with Crippen molar-refractivity contribution in [1.82, 2.24) is 0 Å². The first-order valence-electron chi connectivity index (χ1n) is 17.9. The van der Waals surface area contributed by atoms with Gasteiger partial charge in [0.25, 0.3) is 0 Å². The van der Waals surface area contributed by atoms with Crippen molar-refractivity contribution in [2.24, 2.45) is 11.8 Å². The second-order valence-corrected chi connectivity index (χ2v) is 11.9. The maximum Gasteiger partial charge on any atom is -0.0105 e. The summed E-state index contributed by atoms with van der Waals surface area (Å²) >= 11 is 0. The van der Waals surface area contributed by atoms with E-state index in [9.17, 15) is 0 Å². The van der Waals surface area contributed by atoms with Crippen LogP contribution in [0.1, 0.15) is 117 Å². The van der Waals surface area contributed by atoms with Crippen LogP contribution in [0.4, 0.5) is 0 Å². The molecule has 260 valence electrons. The Morgan fingerprint density at radius 3 is 0.723 bits per heavy atom. The van der Waals surface area contributed by atoms with Crippen molar-refractivity contribution >= 4 is 43.1 Å². The minimum Gasteiger partial charge on any atom is -0.0776 e. The summed E-state index contributed by atoms with van der Waals surface area (Å²) in [6, 6.07) is 42.8. The third-order valence-electron chi connectivity index (χ3n) is 5.27. The van der Waals surface area contributed by atoms with Gasteiger partial charge in [0.1, 0.15) is 0 Å². The highest BCUT2D eigenvalue weighted by atomic mass is 14.0.